The maximum absolute atomic E-state index is 11.8. The number of aliphatic hydroxyl groups is 1. The first kappa shape index (κ1) is 18.8. The third-order valence-electron chi connectivity index (χ3n) is 3.10. The molecule has 1 atom stereocenters. The number of benzene rings is 1. The highest BCUT2D eigenvalue weighted by molar-refractivity contribution is 8.00. The Morgan fingerprint density at radius 1 is 1.36 bits per heavy atom. The number of carbonyl (C=O) groups is 1. The van der Waals surface area contributed by atoms with Crippen LogP contribution < -0.4 is 10.6 Å². The molecule has 0 aliphatic heterocycles. The summed E-state index contributed by atoms with van der Waals surface area (Å²) in [6.07, 6.45) is 0.926. The van der Waals surface area contributed by atoms with Crippen LogP contribution in [0.5, 0.6) is 0 Å². The maximum Gasteiger partial charge on any atom is 0.319 e. The molecule has 0 aliphatic carbocycles. The monoisotopic (exact) mass is 324 g/mol. The number of hydrogen-bond acceptors (Lipinski definition) is 3. The Bertz CT molecular complexity index is 498. The molecule has 1 aromatic carbocycles. The highest BCUT2D eigenvalue weighted by Gasteiger charge is 2.13. The summed E-state index contributed by atoms with van der Waals surface area (Å²) in [7, 11) is 0. The van der Waals surface area contributed by atoms with E-state index in [9.17, 15) is 9.90 Å². The van der Waals surface area contributed by atoms with Crippen LogP contribution in [0.3, 0.4) is 0 Å². The fourth-order valence-electron chi connectivity index (χ4n) is 1.92. The van der Waals surface area contributed by atoms with Crippen LogP contribution in [0.4, 0.5) is 10.5 Å². The van der Waals surface area contributed by atoms with E-state index in [1.165, 1.54) is 4.90 Å². The van der Waals surface area contributed by atoms with Crippen molar-refractivity contribution in [2.75, 3.05) is 11.9 Å². The molecule has 4 nitrogen and oxygen atoms in total. The summed E-state index contributed by atoms with van der Waals surface area (Å²) in [5, 5.41) is 15.1. The molecule has 1 unspecified atom stereocenters. The van der Waals surface area contributed by atoms with Crippen LogP contribution in [-0.2, 0) is 0 Å². The summed E-state index contributed by atoms with van der Waals surface area (Å²) < 4.78 is 0.166. The molecule has 0 saturated heterocycles. The Morgan fingerprint density at radius 2 is 2.05 bits per heavy atom. The van der Waals surface area contributed by atoms with Gasteiger partial charge in [-0.1, -0.05) is 27.7 Å². The van der Waals surface area contributed by atoms with E-state index >= 15 is 0 Å². The SMILES string of the molecule is CCC(O)CCNC(=O)Nc1ccc(SC(C)(C)C)cc1C. The van der Waals surface area contributed by atoms with E-state index < -0.39 is 0 Å². The van der Waals surface area contributed by atoms with Gasteiger partial charge in [-0.15, -0.1) is 11.8 Å². The largest absolute Gasteiger partial charge is 0.393 e. The lowest BCUT2D eigenvalue weighted by Gasteiger charge is -2.18. The van der Waals surface area contributed by atoms with Gasteiger partial charge in [0.2, 0.25) is 0 Å². The minimum atomic E-state index is -0.351. The van der Waals surface area contributed by atoms with E-state index in [-0.39, 0.29) is 16.9 Å². The number of carbonyl (C=O) groups excluding carboxylic acids is 1. The van der Waals surface area contributed by atoms with Gasteiger partial charge in [-0.25, -0.2) is 4.79 Å². The Hall–Kier alpha value is -1.20. The summed E-state index contributed by atoms with van der Waals surface area (Å²) in [6, 6.07) is 5.82. The number of aryl methyl sites for hydroxylation is 1. The highest BCUT2D eigenvalue weighted by Crippen LogP contribution is 2.33. The van der Waals surface area contributed by atoms with Crippen LogP contribution in [0.25, 0.3) is 0 Å². The molecule has 22 heavy (non-hydrogen) atoms. The van der Waals surface area contributed by atoms with Gasteiger partial charge in [0.25, 0.3) is 0 Å². The first-order valence-corrected chi connectivity index (χ1v) is 8.55. The van der Waals surface area contributed by atoms with Gasteiger partial charge in [0, 0.05) is 21.9 Å². The van der Waals surface area contributed by atoms with Gasteiger partial charge in [-0.2, -0.15) is 0 Å². The fraction of sp³-hybridized carbons (Fsp3) is 0.588. The molecular formula is C17H28N2O2S. The molecule has 0 aromatic heterocycles. The highest BCUT2D eigenvalue weighted by atomic mass is 32.2. The van der Waals surface area contributed by atoms with Crippen molar-refractivity contribution in [1.82, 2.24) is 5.32 Å². The van der Waals surface area contributed by atoms with Crippen molar-refractivity contribution in [3.8, 4) is 0 Å². The number of amides is 2. The lowest BCUT2D eigenvalue weighted by molar-refractivity contribution is 0.160. The van der Waals surface area contributed by atoms with E-state index in [1.54, 1.807) is 11.8 Å². The summed E-state index contributed by atoms with van der Waals surface area (Å²) >= 11 is 1.81. The molecule has 0 bridgehead atoms. The standard InChI is InChI=1S/C17H28N2O2S/c1-6-13(20)9-10-18-16(21)19-15-8-7-14(11-12(15)2)22-17(3,4)5/h7-8,11,13,20H,6,9-10H2,1-5H3,(H2,18,19,21). The summed E-state index contributed by atoms with van der Waals surface area (Å²) in [6.45, 7) is 10.9. The summed E-state index contributed by atoms with van der Waals surface area (Å²) in [4.78, 5) is 13.0. The minimum Gasteiger partial charge on any atom is -0.393 e. The Labute approximate surface area is 138 Å². The molecule has 1 aromatic rings. The molecule has 0 aliphatic rings. The average Bonchev–Trinajstić information content (AvgIpc) is 2.40. The van der Waals surface area contributed by atoms with Crippen molar-refractivity contribution in [3.05, 3.63) is 23.8 Å². The Kier molecular flexibility index (Phi) is 7.23. The smallest absolute Gasteiger partial charge is 0.319 e. The first-order chi connectivity index (χ1) is 10.2. The molecule has 0 radical (unpaired) electrons. The zero-order valence-corrected chi connectivity index (χ0v) is 15.0. The second kappa shape index (κ2) is 8.44. The molecule has 1 rings (SSSR count). The number of thioether (sulfide) groups is 1. The van der Waals surface area contributed by atoms with Crippen molar-refractivity contribution in [2.45, 2.75) is 63.2 Å². The molecule has 0 saturated carbocycles. The van der Waals surface area contributed by atoms with Crippen molar-refractivity contribution >= 4 is 23.5 Å². The second-order valence-electron chi connectivity index (χ2n) is 6.42. The van der Waals surface area contributed by atoms with Gasteiger partial charge in [-0.05, 0) is 43.5 Å². The van der Waals surface area contributed by atoms with Crippen LogP contribution in [-0.4, -0.2) is 28.5 Å². The molecule has 0 spiro atoms. The lowest BCUT2D eigenvalue weighted by Crippen LogP contribution is -2.31. The molecule has 0 heterocycles. The van der Waals surface area contributed by atoms with Crippen molar-refractivity contribution in [1.29, 1.82) is 0 Å². The predicted molar refractivity (Wildman–Crippen MR) is 94.7 cm³/mol. The fourth-order valence-corrected chi connectivity index (χ4v) is 3.00. The van der Waals surface area contributed by atoms with E-state index in [1.807, 2.05) is 26.0 Å². The molecule has 124 valence electrons. The lowest BCUT2D eigenvalue weighted by atomic mass is 10.2. The summed E-state index contributed by atoms with van der Waals surface area (Å²) in [5.41, 5.74) is 1.85. The third-order valence-corrected chi connectivity index (χ3v) is 4.21. The van der Waals surface area contributed by atoms with E-state index in [0.29, 0.717) is 19.4 Å². The second-order valence-corrected chi connectivity index (χ2v) is 8.32. The van der Waals surface area contributed by atoms with Gasteiger partial charge in [0.05, 0.1) is 6.10 Å². The zero-order chi connectivity index (χ0) is 16.8. The van der Waals surface area contributed by atoms with Crippen LogP contribution in [0.2, 0.25) is 0 Å². The van der Waals surface area contributed by atoms with Gasteiger partial charge in [0.15, 0.2) is 0 Å². The van der Waals surface area contributed by atoms with Crippen LogP contribution in [0, 0.1) is 6.92 Å². The van der Waals surface area contributed by atoms with Crippen molar-refractivity contribution in [3.63, 3.8) is 0 Å². The van der Waals surface area contributed by atoms with Crippen molar-refractivity contribution in [2.24, 2.45) is 0 Å². The quantitative estimate of drug-likeness (QED) is 0.688. The number of aliphatic hydroxyl groups excluding tert-OH is 1. The van der Waals surface area contributed by atoms with Crippen LogP contribution in [0.15, 0.2) is 23.1 Å². The normalized spacial score (nSPS) is 12.8. The number of nitrogens with one attached hydrogen (secondary N) is 2. The molecule has 3 N–H and O–H groups in total. The molecule has 0 fully saturated rings. The number of rotatable bonds is 6. The van der Waals surface area contributed by atoms with Gasteiger partial charge in [-0.3, -0.25) is 0 Å². The van der Waals surface area contributed by atoms with Gasteiger partial charge < -0.3 is 15.7 Å². The van der Waals surface area contributed by atoms with E-state index in [4.69, 9.17) is 0 Å². The molecular weight excluding hydrogens is 296 g/mol. The first-order valence-electron chi connectivity index (χ1n) is 7.74. The van der Waals surface area contributed by atoms with Gasteiger partial charge in [0.1, 0.15) is 0 Å². The topological polar surface area (TPSA) is 61.4 Å². The molecule has 2 amide bonds. The number of anilines is 1. The summed E-state index contributed by atoms with van der Waals surface area (Å²) in [5.74, 6) is 0. The molecule has 5 heteroatoms. The zero-order valence-electron chi connectivity index (χ0n) is 14.2. The van der Waals surface area contributed by atoms with Crippen LogP contribution >= 0.6 is 11.8 Å². The van der Waals surface area contributed by atoms with Gasteiger partial charge >= 0.3 is 6.03 Å². The van der Waals surface area contributed by atoms with Crippen molar-refractivity contribution < 1.29 is 9.90 Å². The maximum atomic E-state index is 11.8. The van der Waals surface area contributed by atoms with E-state index in [2.05, 4.69) is 37.5 Å². The Balaban J connectivity index is 2.54. The number of urea groups is 1. The third kappa shape index (κ3) is 7.18. The van der Waals surface area contributed by atoms with E-state index in [0.717, 1.165) is 11.3 Å². The minimum absolute atomic E-state index is 0.166. The van der Waals surface area contributed by atoms with Crippen LogP contribution in [0.1, 0.15) is 46.1 Å². The Morgan fingerprint density at radius 3 is 2.59 bits per heavy atom. The number of hydrogen-bond donors (Lipinski definition) is 3. The predicted octanol–water partition coefficient (Wildman–Crippen LogP) is 4.17. The average molecular weight is 324 g/mol.